The first-order valence-corrected chi connectivity index (χ1v) is 6.87. The molecule has 0 fully saturated rings. The minimum absolute atomic E-state index is 0.226. The van der Waals surface area contributed by atoms with Crippen LogP contribution in [-0.4, -0.2) is 11.7 Å². The molecule has 0 aliphatic rings. The molecule has 0 aromatic heterocycles. The van der Waals surface area contributed by atoms with Crippen LogP contribution in [0.5, 0.6) is 5.75 Å². The smallest absolute Gasteiger partial charge is 0.120 e. The van der Waals surface area contributed by atoms with E-state index in [1.54, 1.807) is 0 Å². The number of aliphatic hydroxyl groups excluding tert-OH is 1. The molecule has 2 unspecified atom stereocenters. The Morgan fingerprint density at radius 1 is 1.29 bits per heavy atom. The van der Waals surface area contributed by atoms with Crippen LogP contribution in [0.15, 0.2) is 22.7 Å². The highest BCUT2D eigenvalue weighted by Gasteiger charge is 2.21. The highest BCUT2D eigenvalue weighted by molar-refractivity contribution is 9.10. The molecule has 1 aromatic rings. The lowest BCUT2D eigenvalue weighted by atomic mass is 9.88. The van der Waals surface area contributed by atoms with E-state index in [0.717, 1.165) is 15.8 Å². The third-order valence-corrected chi connectivity index (χ3v) is 3.84. The largest absolute Gasteiger partial charge is 0.494 e. The van der Waals surface area contributed by atoms with Gasteiger partial charge in [-0.3, -0.25) is 0 Å². The number of ether oxygens (including phenoxy) is 1. The van der Waals surface area contributed by atoms with E-state index >= 15 is 0 Å². The van der Waals surface area contributed by atoms with E-state index in [1.165, 1.54) is 0 Å². The number of halogens is 1. The summed E-state index contributed by atoms with van der Waals surface area (Å²) < 4.78 is 6.32. The van der Waals surface area contributed by atoms with Crippen LogP contribution in [0.25, 0.3) is 0 Å². The molecule has 1 N–H and O–H groups in total. The second-order valence-corrected chi connectivity index (χ2v) is 5.52. The van der Waals surface area contributed by atoms with Gasteiger partial charge in [-0.15, -0.1) is 0 Å². The van der Waals surface area contributed by atoms with Crippen molar-refractivity contribution in [2.45, 2.75) is 33.8 Å². The van der Waals surface area contributed by atoms with E-state index in [0.29, 0.717) is 12.5 Å². The first-order chi connectivity index (χ1) is 7.97. The Balaban J connectivity index is 2.91. The fourth-order valence-electron chi connectivity index (χ4n) is 1.65. The highest BCUT2D eigenvalue weighted by Crippen LogP contribution is 2.34. The third-order valence-electron chi connectivity index (χ3n) is 3.15. The molecular formula is C14H21BrO2. The van der Waals surface area contributed by atoms with Crippen LogP contribution in [0.4, 0.5) is 0 Å². The van der Waals surface area contributed by atoms with Crippen LogP contribution < -0.4 is 4.74 Å². The molecule has 0 aliphatic heterocycles. The Kier molecular flexibility index (Phi) is 5.47. The van der Waals surface area contributed by atoms with Crippen LogP contribution in [0, 0.1) is 11.8 Å². The van der Waals surface area contributed by atoms with Gasteiger partial charge < -0.3 is 9.84 Å². The maximum Gasteiger partial charge on any atom is 0.120 e. The quantitative estimate of drug-likeness (QED) is 0.884. The third kappa shape index (κ3) is 3.71. The normalized spacial score (nSPS) is 14.8. The molecule has 0 spiro atoms. The maximum absolute atomic E-state index is 10.3. The van der Waals surface area contributed by atoms with Crippen LogP contribution in [0.1, 0.15) is 39.4 Å². The molecule has 96 valence electrons. The summed E-state index contributed by atoms with van der Waals surface area (Å²) in [5, 5.41) is 10.3. The van der Waals surface area contributed by atoms with Crippen molar-refractivity contribution in [3.63, 3.8) is 0 Å². The van der Waals surface area contributed by atoms with Gasteiger partial charge in [0.2, 0.25) is 0 Å². The maximum atomic E-state index is 10.3. The van der Waals surface area contributed by atoms with Crippen molar-refractivity contribution in [3.8, 4) is 5.75 Å². The first kappa shape index (κ1) is 14.5. The van der Waals surface area contributed by atoms with Gasteiger partial charge in [0, 0.05) is 4.47 Å². The van der Waals surface area contributed by atoms with Gasteiger partial charge in [-0.05, 0) is 36.5 Å². The zero-order chi connectivity index (χ0) is 13.0. The van der Waals surface area contributed by atoms with Crippen molar-refractivity contribution in [1.29, 1.82) is 0 Å². The Labute approximate surface area is 112 Å². The number of aliphatic hydroxyl groups is 1. The second kappa shape index (κ2) is 6.41. The number of rotatable bonds is 5. The average molecular weight is 301 g/mol. The first-order valence-electron chi connectivity index (χ1n) is 6.07. The van der Waals surface area contributed by atoms with Crippen LogP contribution in [-0.2, 0) is 0 Å². The lowest BCUT2D eigenvalue weighted by Crippen LogP contribution is -2.15. The van der Waals surface area contributed by atoms with E-state index in [2.05, 4.69) is 36.7 Å². The molecule has 0 amide bonds. The van der Waals surface area contributed by atoms with Crippen molar-refractivity contribution in [1.82, 2.24) is 0 Å². The lowest BCUT2D eigenvalue weighted by molar-refractivity contribution is 0.0914. The monoisotopic (exact) mass is 300 g/mol. The number of benzene rings is 1. The Morgan fingerprint density at radius 2 is 1.94 bits per heavy atom. The van der Waals surface area contributed by atoms with Crippen molar-refractivity contribution in [2.24, 2.45) is 11.8 Å². The Hall–Kier alpha value is -0.540. The minimum atomic E-state index is -0.444. The Morgan fingerprint density at radius 3 is 2.41 bits per heavy atom. The zero-order valence-electron chi connectivity index (χ0n) is 10.9. The summed E-state index contributed by atoms with van der Waals surface area (Å²) in [4.78, 5) is 0. The molecule has 2 nitrogen and oxygen atoms in total. The number of hydrogen-bond acceptors (Lipinski definition) is 2. The predicted octanol–water partition coefficient (Wildman–Crippen LogP) is 4.17. The van der Waals surface area contributed by atoms with Crippen LogP contribution in [0.2, 0.25) is 0 Å². The van der Waals surface area contributed by atoms with E-state index in [4.69, 9.17) is 4.74 Å². The number of hydrogen-bond donors (Lipinski definition) is 1. The van der Waals surface area contributed by atoms with E-state index < -0.39 is 6.10 Å². The fourth-order valence-corrected chi connectivity index (χ4v) is 2.24. The van der Waals surface area contributed by atoms with Gasteiger partial charge in [0.1, 0.15) is 5.75 Å². The summed E-state index contributed by atoms with van der Waals surface area (Å²) in [5.74, 6) is 1.50. The van der Waals surface area contributed by atoms with Crippen LogP contribution >= 0.6 is 15.9 Å². The molecule has 1 aromatic carbocycles. The zero-order valence-corrected chi connectivity index (χ0v) is 12.5. The molecule has 0 saturated heterocycles. The highest BCUT2D eigenvalue weighted by atomic mass is 79.9. The molecule has 1 rings (SSSR count). The summed E-state index contributed by atoms with van der Waals surface area (Å²) in [6.45, 7) is 8.92. The van der Waals surface area contributed by atoms with Gasteiger partial charge in [-0.25, -0.2) is 0 Å². The van der Waals surface area contributed by atoms with Crippen molar-refractivity contribution >= 4 is 15.9 Å². The summed E-state index contributed by atoms with van der Waals surface area (Å²) >= 11 is 3.50. The van der Waals surface area contributed by atoms with Gasteiger partial charge >= 0.3 is 0 Å². The van der Waals surface area contributed by atoms with E-state index in [-0.39, 0.29) is 5.92 Å². The molecule has 0 aliphatic carbocycles. The average Bonchev–Trinajstić information content (AvgIpc) is 2.27. The Bertz CT molecular complexity index is 363. The molecule has 17 heavy (non-hydrogen) atoms. The summed E-state index contributed by atoms with van der Waals surface area (Å²) in [5.41, 5.74) is 0.926. The van der Waals surface area contributed by atoms with Crippen molar-refractivity contribution in [2.75, 3.05) is 6.61 Å². The fraction of sp³-hybridized carbons (Fsp3) is 0.571. The summed E-state index contributed by atoms with van der Waals surface area (Å²) in [6.07, 6.45) is -0.444. The topological polar surface area (TPSA) is 29.5 Å². The molecular weight excluding hydrogens is 280 g/mol. The van der Waals surface area contributed by atoms with Gasteiger partial charge in [-0.1, -0.05) is 42.8 Å². The predicted molar refractivity (Wildman–Crippen MR) is 74.3 cm³/mol. The van der Waals surface area contributed by atoms with Crippen molar-refractivity contribution in [3.05, 3.63) is 28.2 Å². The van der Waals surface area contributed by atoms with Crippen molar-refractivity contribution < 1.29 is 9.84 Å². The van der Waals surface area contributed by atoms with E-state index in [1.807, 2.05) is 25.1 Å². The SMILES string of the molecule is CCOc1ccc(C(O)C(C)C(C)C)c(Br)c1. The van der Waals surface area contributed by atoms with Crippen LogP contribution in [0.3, 0.4) is 0 Å². The van der Waals surface area contributed by atoms with Gasteiger partial charge in [0.25, 0.3) is 0 Å². The molecule has 3 heteroatoms. The minimum Gasteiger partial charge on any atom is -0.494 e. The molecule has 2 atom stereocenters. The summed E-state index contributed by atoms with van der Waals surface area (Å²) in [7, 11) is 0. The van der Waals surface area contributed by atoms with Gasteiger partial charge in [0.05, 0.1) is 12.7 Å². The van der Waals surface area contributed by atoms with E-state index in [9.17, 15) is 5.11 Å². The standard InChI is InChI=1S/C14H21BrO2/c1-5-17-11-6-7-12(13(15)8-11)14(16)10(4)9(2)3/h6-10,14,16H,5H2,1-4H3. The molecule has 0 heterocycles. The van der Waals surface area contributed by atoms with Gasteiger partial charge in [0.15, 0.2) is 0 Å². The second-order valence-electron chi connectivity index (χ2n) is 4.66. The molecule has 0 saturated carbocycles. The van der Waals surface area contributed by atoms with Gasteiger partial charge in [-0.2, -0.15) is 0 Å². The summed E-state index contributed by atoms with van der Waals surface area (Å²) in [6, 6.07) is 5.74. The molecule has 0 bridgehead atoms. The lowest BCUT2D eigenvalue weighted by Gasteiger charge is -2.23. The molecule has 0 radical (unpaired) electrons.